The molecule has 0 fully saturated rings. The third kappa shape index (κ3) is 3.15. The average Bonchev–Trinajstić information content (AvgIpc) is 2.39. The highest BCUT2D eigenvalue weighted by atomic mass is 32.2. The summed E-state index contributed by atoms with van der Waals surface area (Å²) in [5.74, 6) is -0.00361. The molecule has 2 rings (SSSR count). The number of hydrogen-bond acceptors (Lipinski definition) is 4. The molecule has 106 valence electrons. The summed E-state index contributed by atoms with van der Waals surface area (Å²) in [5.41, 5.74) is 7.63. The minimum absolute atomic E-state index is 0.000961. The van der Waals surface area contributed by atoms with Gasteiger partial charge in [0.05, 0.1) is 0 Å². The second-order valence-corrected chi connectivity index (χ2v) is 6.32. The zero-order chi connectivity index (χ0) is 14.8. The molecule has 0 amide bonds. The van der Waals surface area contributed by atoms with Crippen LogP contribution >= 0.6 is 0 Å². The van der Waals surface area contributed by atoms with Crippen molar-refractivity contribution < 1.29 is 8.42 Å². The van der Waals surface area contributed by atoms with Gasteiger partial charge in [-0.05, 0) is 31.5 Å². The molecule has 1 aromatic carbocycles. The Labute approximate surface area is 118 Å². The zero-order valence-corrected chi connectivity index (χ0v) is 12.2. The van der Waals surface area contributed by atoms with Crippen LogP contribution in [-0.2, 0) is 10.0 Å². The first-order valence-electron chi connectivity index (χ1n) is 6.19. The Balaban J connectivity index is 2.24. The normalized spacial score (nSPS) is 13.1. The van der Waals surface area contributed by atoms with Gasteiger partial charge in [-0.1, -0.05) is 29.8 Å². The van der Waals surface area contributed by atoms with Crippen LogP contribution in [0.15, 0.2) is 47.5 Å². The van der Waals surface area contributed by atoms with Gasteiger partial charge in [0.1, 0.15) is 10.7 Å². The van der Waals surface area contributed by atoms with Crippen LogP contribution in [0, 0.1) is 6.92 Å². The van der Waals surface area contributed by atoms with Crippen molar-refractivity contribution in [1.82, 2.24) is 9.71 Å². The molecule has 0 aliphatic carbocycles. The van der Waals surface area contributed by atoms with E-state index in [1.807, 2.05) is 31.2 Å². The highest BCUT2D eigenvalue weighted by molar-refractivity contribution is 7.89. The molecule has 0 aliphatic heterocycles. The predicted octanol–water partition coefficient (Wildman–Crippen LogP) is 2.01. The quantitative estimate of drug-likeness (QED) is 0.902. The van der Waals surface area contributed by atoms with Crippen molar-refractivity contribution in [3.63, 3.8) is 0 Å². The summed E-state index contributed by atoms with van der Waals surface area (Å²) >= 11 is 0. The standard InChI is InChI=1S/C14H17N3O2S/c1-10-5-7-12(8-6-10)11(2)17-20(18,19)13-4-3-9-16-14(13)15/h3-9,11,17H,1-2H3,(H2,15,16). The van der Waals surface area contributed by atoms with E-state index in [0.717, 1.165) is 11.1 Å². The van der Waals surface area contributed by atoms with Gasteiger partial charge in [0.2, 0.25) is 10.0 Å². The molecule has 20 heavy (non-hydrogen) atoms. The number of anilines is 1. The first-order valence-corrected chi connectivity index (χ1v) is 7.68. The van der Waals surface area contributed by atoms with Crippen LogP contribution in [-0.4, -0.2) is 13.4 Å². The third-order valence-corrected chi connectivity index (χ3v) is 4.59. The lowest BCUT2D eigenvalue weighted by Gasteiger charge is -2.15. The Bertz CT molecular complexity index is 697. The fourth-order valence-electron chi connectivity index (χ4n) is 1.85. The summed E-state index contributed by atoms with van der Waals surface area (Å²) in [5, 5.41) is 0. The second kappa shape index (κ2) is 5.60. The number of nitrogen functional groups attached to an aromatic ring is 1. The van der Waals surface area contributed by atoms with Gasteiger partial charge < -0.3 is 5.73 Å². The van der Waals surface area contributed by atoms with Crippen LogP contribution in [0.5, 0.6) is 0 Å². The van der Waals surface area contributed by atoms with E-state index in [2.05, 4.69) is 9.71 Å². The highest BCUT2D eigenvalue weighted by Gasteiger charge is 2.21. The van der Waals surface area contributed by atoms with Gasteiger partial charge >= 0.3 is 0 Å². The van der Waals surface area contributed by atoms with Crippen LogP contribution in [0.25, 0.3) is 0 Å². The van der Waals surface area contributed by atoms with Gasteiger partial charge in [0.25, 0.3) is 0 Å². The molecule has 0 bridgehead atoms. The second-order valence-electron chi connectivity index (χ2n) is 4.64. The van der Waals surface area contributed by atoms with Crippen molar-refractivity contribution in [2.24, 2.45) is 0 Å². The summed E-state index contributed by atoms with van der Waals surface area (Å²) in [4.78, 5) is 3.79. The van der Waals surface area contributed by atoms with E-state index in [9.17, 15) is 8.42 Å². The van der Waals surface area contributed by atoms with Crippen LogP contribution in [0.1, 0.15) is 24.1 Å². The van der Waals surface area contributed by atoms with Gasteiger partial charge in [0, 0.05) is 12.2 Å². The van der Waals surface area contributed by atoms with Crippen LogP contribution < -0.4 is 10.5 Å². The molecule has 5 nitrogen and oxygen atoms in total. The van der Waals surface area contributed by atoms with Crippen LogP contribution in [0.4, 0.5) is 5.82 Å². The Kier molecular flexibility index (Phi) is 4.06. The average molecular weight is 291 g/mol. The topological polar surface area (TPSA) is 85.1 Å². The van der Waals surface area contributed by atoms with E-state index in [4.69, 9.17) is 5.73 Å². The number of nitrogens with zero attached hydrogens (tertiary/aromatic N) is 1. The highest BCUT2D eigenvalue weighted by Crippen LogP contribution is 2.19. The zero-order valence-electron chi connectivity index (χ0n) is 11.4. The molecule has 3 N–H and O–H groups in total. The molecule has 2 aromatic rings. The van der Waals surface area contributed by atoms with Crippen molar-refractivity contribution in [2.75, 3.05) is 5.73 Å². The maximum atomic E-state index is 12.3. The van der Waals surface area contributed by atoms with Gasteiger partial charge in [-0.25, -0.2) is 18.1 Å². The molecule has 1 aromatic heterocycles. The number of sulfonamides is 1. The number of benzene rings is 1. The van der Waals surface area contributed by atoms with E-state index in [1.165, 1.54) is 12.3 Å². The minimum atomic E-state index is -3.69. The van der Waals surface area contributed by atoms with Crippen molar-refractivity contribution in [3.05, 3.63) is 53.7 Å². The number of nitrogens with one attached hydrogen (secondary N) is 1. The van der Waals surface area contributed by atoms with E-state index in [0.29, 0.717) is 0 Å². The molecular formula is C14H17N3O2S. The Morgan fingerprint density at radius 3 is 2.45 bits per heavy atom. The molecule has 1 heterocycles. The van der Waals surface area contributed by atoms with Crippen LogP contribution in [0.3, 0.4) is 0 Å². The van der Waals surface area contributed by atoms with E-state index in [1.54, 1.807) is 13.0 Å². The maximum Gasteiger partial charge on any atom is 0.244 e. The number of pyridine rings is 1. The molecule has 0 saturated carbocycles. The van der Waals surface area contributed by atoms with Crippen molar-refractivity contribution in [1.29, 1.82) is 0 Å². The van der Waals surface area contributed by atoms with Crippen molar-refractivity contribution >= 4 is 15.8 Å². The predicted molar refractivity (Wildman–Crippen MR) is 78.6 cm³/mol. The summed E-state index contributed by atoms with van der Waals surface area (Å²) in [6.45, 7) is 3.77. The fourth-order valence-corrected chi connectivity index (χ4v) is 3.16. The molecule has 0 radical (unpaired) electrons. The Hall–Kier alpha value is -1.92. The third-order valence-electron chi connectivity index (χ3n) is 3.00. The smallest absolute Gasteiger partial charge is 0.244 e. The molecule has 6 heteroatoms. The first kappa shape index (κ1) is 14.5. The van der Waals surface area contributed by atoms with Crippen LogP contribution in [0.2, 0.25) is 0 Å². The minimum Gasteiger partial charge on any atom is -0.383 e. The summed E-state index contributed by atoms with van der Waals surface area (Å²) in [7, 11) is -3.69. The summed E-state index contributed by atoms with van der Waals surface area (Å²) < 4.78 is 27.1. The van der Waals surface area contributed by atoms with Gasteiger partial charge in [-0.15, -0.1) is 0 Å². The molecule has 1 unspecified atom stereocenters. The Morgan fingerprint density at radius 2 is 1.85 bits per heavy atom. The van der Waals surface area contributed by atoms with Crippen molar-refractivity contribution in [3.8, 4) is 0 Å². The number of aryl methyl sites for hydroxylation is 1. The number of rotatable bonds is 4. The Morgan fingerprint density at radius 1 is 1.20 bits per heavy atom. The molecule has 0 aliphatic rings. The largest absolute Gasteiger partial charge is 0.383 e. The number of aromatic nitrogens is 1. The monoisotopic (exact) mass is 291 g/mol. The summed E-state index contributed by atoms with van der Waals surface area (Å²) in [6, 6.07) is 10.3. The molecule has 0 saturated heterocycles. The lowest BCUT2D eigenvalue weighted by atomic mass is 10.1. The van der Waals surface area contributed by atoms with Gasteiger partial charge in [-0.2, -0.15) is 0 Å². The molecular weight excluding hydrogens is 274 g/mol. The molecule has 1 atom stereocenters. The lowest BCUT2D eigenvalue weighted by molar-refractivity contribution is 0.567. The SMILES string of the molecule is Cc1ccc(C(C)NS(=O)(=O)c2cccnc2N)cc1. The van der Waals surface area contributed by atoms with Gasteiger partial charge in [-0.3, -0.25) is 0 Å². The number of hydrogen-bond donors (Lipinski definition) is 2. The summed E-state index contributed by atoms with van der Waals surface area (Å²) in [6.07, 6.45) is 1.46. The first-order chi connectivity index (χ1) is 9.40. The fraction of sp³-hybridized carbons (Fsp3) is 0.214. The van der Waals surface area contributed by atoms with E-state index >= 15 is 0 Å². The lowest BCUT2D eigenvalue weighted by Crippen LogP contribution is -2.27. The molecule has 0 spiro atoms. The number of nitrogens with two attached hydrogens (primary N) is 1. The van der Waals surface area contributed by atoms with E-state index in [-0.39, 0.29) is 16.8 Å². The van der Waals surface area contributed by atoms with Crippen molar-refractivity contribution in [2.45, 2.75) is 24.8 Å². The van der Waals surface area contributed by atoms with Gasteiger partial charge in [0.15, 0.2) is 0 Å². The maximum absolute atomic E-state index is 12.3. The van der Waals surface area contributed by atoms with E-state index < -0.39 is 10.0 Å².